The summed E-state index contributed by atoms with van der Waals surface area (Å²) < 4.78 is 11.7. The van der Waals surface area contributed by atoms with E-state index in [1.807, 2.05) is 12.1 Å². The minimum Gasteiger partial charge on any atom is -0.456 e. The van der Waals surface area contributed by atoms with Gasteiger partial charge in [0.15, 0.2) is 4.96 Å². The molecular weight excluding hydrogens is 316 g/mol. The maximum Gasteiger partial charge on any atom is 0.338 e. The quantitative estimate of drug-likeness (QED) is 0.671. The van der Waals surface area contributed by atoms with Crippen LogP contribution in [0.25, 0.3) is 4.96 Å². The Morgan fingerprint density at radius 2 is 2.04 bits per heavy atom. The molecule has 0 atom stereocenters. The molecule has 0 radical (unpaired) electrons. The molecule has 1 aromatic carbocycles. The molecule has 0 fully saturated rings. The number of carbonyl (C=O) groups is 1. The Kier molecular flexibility index (Phi) is 4.50. The average Bonchev–Trinajstić information content (AvgIpc) is 3.03. The van der Waals surface area contributed by atoms with Crippen molar-refractivity contribution in [1.82, 2.24) is 9.38 Å². The monoisotopic (exact) mass is 330 g/mol. The van der Waals surface area contributed by atoms with Gasteiger partial charge in [-0.05, 0) is 17.7 Å². The van der Waals surface area contributed by atoms with Gasteiger partial charge in [-0.15, -0.1) is 11.3 Å². The molecule has 2 heterocycles. The van der Waals surface area contributed by atoms with Gasteiger partial charge in [0.1, 0.15) is 6.61 Å². The number of hydrogen-bond acceptors (Lipinski definition) is 6. The molecule has 6 nitrogen and oxygen atoms in total. The molecular formula is C16H14N2O4S. The van der Waals surface area contributed by atoms with Crippen molar-refractivity contribution in [3.8, 4) is 0 Å². The van der Waals surface area contributed by atoms with Gasteiger partial charge >= 0.3 is 5.97 Å². The van der Waals surface area contributed by atoms with E-state index in [2.05, 4.69) is 4.98 Å². The molecule has 0 N–H and O–H groups in total. The van der Waals surface area contributed by atoms with Gasteiger partial charge in [-0.1, -0.05) is 12.1 Å². The highest BCUT2D eigenvalue weighted by Gasteiger charge is 2.09. The van der Waals surface area contributed by atoms with E-state index in [0.717, 1.165) is 5.56 Å². The molecule has 2 aromatic heterocycles. The van der Waals surface area contributed by atoms with Gasteiger partial charge in [0.05, 0.1) is 17.9 Å². The van der Waals surface area contributed by atoms with Gasteiger partial charge in [-0.3, -0.25) is 9.20 Å². The van der Waals surface area contributed by atoms with Crippen LogP contribution < -0.4 is 5.56 Å². The number of fused-ring (bicyclic) bond motifs is 1. The van der Waals surface area contributed by atoms with Gasteiger partial charge in [-0.2, -0.15) is 0 Å². The van der Waals surface area contributed by atoms with Crippen molar-refractivity contribution in [2.45, 2.75) is 13.2 Å². The lowest BCUT2D eigenvalue weighted by Crippen LogP contribution is -2.14. The summed E-state index contributed by atoms with van der Waals surface area (Å²) in [6, 6.07) is 8.35. The normalized spacial score (nSPS) is 10.8. The van der Waals surface area contributed by atoms with Gasteiger partial charge in [-0.25, -0.2) is 9.78 Å². The first-order valence-electron chi connectivity index (χ1n) is 6.88. The summed E-state index contributed by atoms with van der Waals surface area (Å²) in [4.78, 5) is 28.7. The van der Waals surface area contributed by atoms with Crippen LogP contribution in [0.5, 0.6) is 0 Å². The molecule has 0 amide bonds. The second-order valence-electron chi connectivity index (χ2n) is 4.85. The highest BCUT2D eigenvalue weighted by Crippen LogP contribution is 2.10. The van der Waals surface area contributed by atoms with Crippen molar-refractivity contribution < 1.29 is 14.3 Å². The summed E-state index contributed by atoms with van der Waals surface area (Å²) in [6.45, 7) is 0.451. The summed E-state index contributed by atoms with van der Waals surface area (Å²) in [7, 11) is 1.61. The summed E-state index contributed by atoms with van der Waals surface area (Å²) in [6.07, 6.45) is 1.66. The second kappa shape index (κ2) is 6.72. The van der Waals surface area contributed by atoms with Crippen LogP contribution in [0.15, 0.2) is 46.7 Å². The van der Waals surface area contributed by atoms with Crippen LogP contribution in [-0.4, -0.2) is 22.5 Å². The largest absolute Gasteiger partial charge is 0.456 e. The molecule has 0 bridgehead atoms. The molecule has 0 spiro atoms. The number of esters is 1. The second-order valence-corrected chi connectivity index (χ2v) is 5.72. The lowest BCUT2D eigenvalue weighted by Gasteiger charge is -2.05. The Balaban J connectivity index is 1.68. The zero-order chi connectivity index (χ0) is 16.2. The van der Waals surface area contributed by atoms with Crippen LogP contribution in [0.1, 0.15) is 21.6 Å². The third-order valence-electron chi connectivity index (χ3n) is 3.21. The standard InChI is InChI=1S/C16H14N2O4S/c1-21-9-11-2-4-12(5-3-11)15(20)22-10-13-8-14(19)18-6-7-23-16(18)17-13/h2-8H,9-10H2,1H3. The van der Waals surface area contributed by atoms with Crippen LogP contribution in [-0.2, 0) is 22.7 Å². The first kappa shape index (κ1) is 15.4. The Labute approximate surface area is 135 Å². The molecule has 7 heteroatoms. The van der Waals surface area contributed by atoms with Crippen LogP contribution >= 0.6 is 11.3 Å². The Morgan fingerprint density at radius 1 is 1.26 bits per heavy atom. The number of benzene rings is 1. The maximum atomic E-state index is 12.0. The number of nitrogens with zero attached hydrogens (tertiary/aromatic N) is 2. The zero-order valence-electron chi connectivity index (χ0n) is 12.4. The topological polar surface area (TPSA) is 69.9 Å². The van der Waals surface area contributed by atoms with Crippen molar-refractivity contribution in [2.24, 2.45) is 0 Å². The third kappa shape index (κ3) is 3.46. The predicted octanol–water partition coefficient (Wildman–Crippen LogP) is 2.26. The molecule has 0 aliphatic heterocycles. The average molecular weight is 330 g/mol. The maximum absolute atomic E-state index is 12.0. The summed E-state index contributed by atoms with van der Waals surface area (Å²) in [5.74, 6) is -0.456. The highest BCUT2D eigenvalue weighted by molar-refractivity contribution is 7.15. The van der Waals surface area contributed by atoms with E-state index in [4.69, 9.17) is 9.47 Å². The highest BCUT2D eigenvalue weighted by atomic mass is 32.1. The fourth-order valence-electron chi connectivity index (χ4n) is 2.09. The number of rotatable bonds is 5. The SMILES string of the molecule is COCc1ccc(C(=O)OCc2cc(=O)n3ccsc3n2)cc1. The van der Waals surface area contributed by atoms with Gasteiger partial charge < -0.3 is 9.47 Å². The van der Waals surface area contributed by atoms with Gasteiger partial charge in [0.2, 0.25) is 0 Å². The van der Waals surface area contributed by atoms with E-state index in [1.165, 1.54) is 21.8 Å². The minimum absolute atomic E-state index is 0.0394. The molecule has 0 aliphatic rings. The Morgan fingerprint density at radius 3 is 2.78 bits per heavy atom. The number of aromatic nitrogens is 2. The first-order valence-corrected chi connectivity index (χ1v) is 7.76. The van der Waals surface area contributed by atoms with E-state index in [-0.39, 0.29) is 12.2 Å². The molecule has 23 heavy (non-hydrogen) atoms. The predicted molar refractivity (Wildman–Crippen MR) is 85.6 cm³/mol. The summed E-state index contributed by atoms with van der Waals surface area (Å²) in [5.41, 5.74) is 1.66. The van der Waals surface area contributed by atoms with Crippen LogP contribution in [0.3, 0.4) is 0 Å². The van der Waals surface area contributed by atoms with Crippen molar-refractivity contribution in [2.75, 3.05) is 7.11 Å². The van der Waals surface area contributed by atoms with Crippen molar-refractivity contribution in [3.05, 3.63) is 69.1 Å². The molecule has 0 saturated carbocycles. The Hall–Kier alpha value is -2.51. The van der Waals surface area contributed by atoms with Gasteiger partial charge in [0.25, 0.3) is 5.56 Å². The third-order valence-corrected chi connectivity index (χ3v) is 3.96. The number of ether oxygens (including phenoxy) is 2. The van der Waals surface area contributed by atoms with Crippen LogP contribution in [0, 0.1) is 0 Å². The van der Waals surface area contributed by atoms with E-state index in [1.54, 1.807) is 30.8 Å². The molecule has 0 aliphatic carbocycles. The lowest BCUT2D eigenvalue weighted by molar-refractivity contribution is 0.0467. The van der Waals surface area contributed by atoms with E-state index >= 15 is 0 Å². The minimum atomic E-state index is -0.456. The molecule has 0 saturated heterocycles. The smallest absolute Gasteiger partial charge is 0.338 e. The zero-order valence-corrected chi connectivity index (χ0v) is 13.2. The number of carbonyl (C=O) groups excluding carboxylic acids is 1. The molecule has 0 unspecified atom stereocenters. The van der Waals surface area contributed by atoms with Crippen LogP contribution in [0.4, 0.5) is 0 Å². The molecule has 118 valence electrons. The Bertz CT molecular complexity index is 883. The number of methoxy groups -OCH3 is 1. The fourth-order valence-corrected chi connectivity index (χ4v) is 2.83. The molecule has 3 rings (SSSR count). The van der Waals surface area contributed by atoms with Crippen molar-refractivity contribution >= 4 is 22.3 Å². The first-order chi connectivity index (χ1) is 11.2. The lowest BCUT2D eigenvalue weighted by atomic mass is 10.1. The molecule has 3 aromatic rings. The van der Waals surface area contributed by atoms with E-state index in [9.17, 15) is 9.59 Å². The van der Waals surface area contributed by atoms with E-state index < -0.39 is 5.97 Å². The summed E-state index contributed by atoms with van der Waals surface area (Å²) in [5, 5.41) is 1.78. The van der Waals surface area contributed by atoms with Crippen molar-refractivity contribution in [3.63, 3.8) is 0 Å². The number of thiazole rings is 1. The van der Waals surface area contributed by atoms with Crippen LogP contribution in [0.2, 0.25) is 0 Å². The fraction of sp³-hybridized carbons (Fsp3) is 0.188. The number of hydrogen-bond donors (Lipinski definition) is 0. The van der Waals surface area contributed by atoms with Crippen molar-refractivity contribution in [1.29, 1.82) is 0 Å². The van der Waals surface area contributed by atoms with Gasteiger partial charge in [0, 0.05) is 24.8 Å². The van der Waals surface area contributed by atoms with E-state index in [0.29, 0.717) is 22.8 Å². The summed E-state index contributed by atoms with van der Waals surface area (Å²) >= 11 is 1.35.